The minimum atomic E-state index is -2.94. The van der Waals surface area contributed by atoms with E-state index in [9.17, 15) is 13.2 Å². The molecule has 2 fully saturated rings. The molecule has 6 nitrogen and oxygen atoms in total. The SMILES string of the molecule is C[C@H]1CNCCN1CC(=O)N(C)C1CCS(=O)(=O)C1. The lowest BCUT2D eigenvalue weighted by molar-refractivity contribution is -0.133. The van der Waals surface area contributed by atoms with Crippen LogP contribution in [-0.2, 0) is 14.6 Å². The summed E-state index contributed by atoms with van der Waals surface area (Å²) in [6.45, 7) is 5.15. The van der Waals surface area contributed by atoms with Crippen molar-refractivity contribution in [3.63, 3.8) is 0 Å². The maximum Gasteiger partial charge on any atom is 0.236 e. The van der Waals surface area contributed by atoms with Gasteiger partial charge in [0.15, 0.2) is 9.84 Å². The van der Waals surface area contributed by atoms with Crippen LogP contribution in [0.5, 0.6) is 0 Å². The summed E-state index contributed by atoms with van der Waals surface area (Å²) in [5.41, 5.74) is 0. The van der Waals surface area contributed by atoms with Crippen LogP contribution >= 0.6 is 0 Å². The molecule has 0 aliphatic carbocycles. The van der Waals surface area contributed by atoms with Crippen molar-refractivity contribution in [3.05, 3.63) is 0 Å². The number of hydrogen-bond donors (Lipinski definition) is 1. The largest absolute Gasteiger partial charge is 0.341 e. The topological polar surface area (TPSA) is 69.7 Å². The lowest BCUT2D eigenvalue weighted by Crippen LogP contribution is -2.53. The number of rotatable bonds is 3. The molecule has 2 aliphatic heterocycles. The normalized spacial score (nSPS) is 31.3. The molecular formula is C12H23N3O3S. The number of piperazine rings is 1. The molecule has 2 atom stereocenters. The first kappa shape index (κ1) is 14.7. The van der Waals surface area contributed by atoms with Crippen LogP contribution in [0, 0.1) is 0 Å². The smallest absolute Gasteiger partial charge is 0.236 e. The highest BCUT2D eigenvalue weighted by molar-refractivity contribution is 7.91. The average molecular weight is 289 g/mol. The molecule has 2 heterocycles. The number of nitrogens with one attached hydrogen (secondary N) is 1. The zero-order valence-corrected chi connectivity index (χ0v) is 12.4. The fourth-order valence-corrected chi connectivity index (χ4v) is 4.46. The van der Waals surface area contributed by atoms with Gasteiger partial charge in [-0.15, -0.1) is 0 Å². The van der Waals surface area contributed by atoms with E-state index in [4.69, 9.17) is 0 Å². The number of nitrogens with zero attached hydrogens (tertiary/aromatic N) is 2. The molecule has 110 valence electrons. The molecule has 1 amide bonds. The van der Waals surface area contributed by atoms with Crippen LogP contribution in [0.3, 0.4) is 0 Å². The van der Waals surface area contributed by atoms with Crippen molar-refractivity contribution in [1.29, 1.82) is 0 Å². The lowest BCUT2D eigenvalue weighted by Gasteiger charge is -2.35. The van der Waals surface area contributed by atoms with Gasteiger partial charge in [0.25, 0.3) is 0 Å². The third-order valence-corrected chi connectivity index (χ3v) is 5.88. The third kappa shape index (κ3) is 3.67. The van der Waals surface area contributed by atoms with E-state index in [0.29, 0.717) is 19.0 Å². The van der Waals surface area contributed by atoms with E-state index in [1.807, 2.05) is 0 Å². The van der Waals surface area contributed by atoms with Gasteiger partial charge in [0.05, 0.1) is 18.1 Å². The van der Waals surface area contributed by atoms with Crippen molar-refractivity contribution in [2.75, 3.05) is 44.7 Å². The number of carbonyl (C=O) groups is 1. The van der Waals surface area contributed by atoms with Gasteiger partial charge in [-0.1, -0.05) is 0 Å². The first-order chi connectivity index (χ1) is 8.89. The van der Waals surface area contributed by atoms with E-state index < -0.39 is 9.84 Å². The third-order valence-electron chi connectivity index (χ3n) is 4.13. The quantitative estimate of drug-likeness (QED) is 0.716. The number of amides is 1. The van der Waals surface area contributed by atoms with Crippen molar-refractivity contribution in [3.8, 4) is 0 Å². The lowest BCUT2D eigenvalue weighted by atomic mass is 10.2. The Morgan fingerprint density at radius 1 is 1.47 bits per heavy atom. The molecule has 0 aromatic heterocycles. The zero-order chi connectivity index (χ0) is 14.0. The van der Waals surface area contributed by atoms with Crippen molar-refractivity contribution in [2.45, 2.75) is 25.4 Å². The Balaban J connectivity index is 1.89. The Labute approximate surface area is 115 Å². The van der Waals surface area contributed by atoms with Crippen LogP contribution < -0.4 is 5.32 Å². The minimum absolute atomic E-state index is 0.0239. The van der Waals surface area contributed by atoms with Crippen LogP contribution in [0.4, 0.5) is 0 Å². The van der Waals surface area contributed by atoms with E-state index in [1.165, 1.54) is 0 Å². The number of hydrogen-bond acceptors (Lipinski definition) is 5. The van der Waals surface area contributed by atoms with Crippen molar-refractivity contribution < 1.29 is 13.2 Å². The second kappa shape index (κ2) is 5.76. The summed E-state index contributed by atoms with van der Waals surface area (Å²) in [6.07, 6.45) is 0.571. The summed E-state index contributed by atoms with van der Waals surface area (Å²) >= 11 is 0. The number of likely N-dealkylation sites (N-methyl/N-ethyl adjacent to an activating group) is 1. The van der Waals surface area contributed by atoms with Crippen LogP contribution in [0.25, 0.3) is 0 Å². The number of sulfone groups is 1. The second-order valence-electron chi connectivity index (χ2n) is 5.59. The van der Waals surface area contributed by atoms with Gasteiger partial charge in [-0.3, -0.25) is 9.69 Å². The Morgan fingerprint density at radius 2 is 2.21 bits per heavy atom. The van der Waals surface area contributed by atoms with Crippen LogP contribution in [-0.4, -0.2) is 80.9 Å². The van der Waals surface area contributed by atoms with Crippen molar-refractivity contribution in [2.24, 2.45) is 0 Å². The molecular weight excluding hydrogens is 266 g/mol. The molecule has 2 aliphatic rings. The fraction of sp³-hybridized carbons (Fsp3) is 0.917. The Bertz CT molecular complexity index is 438. The van der Waals surface area contributed by atoms with Crippen molar-refractivity contribution >= 4 is 15.7 Å². The molecule has 0 aromatic rings. The van der Waals surface area contributed by atoms with Crippen molar-refractivity contribution in [1.82, 2.24) is 15.1 Å². The maximum atomic E-state index is 12.2. The van der Waals surface area contributed by atoms with Gasteiger partial charge in [-0.25, -0.2) is 8.42 Å². The van der Waals surface area contributed by atoms with E-state index in [1.54, 1.807) is 11.9 Å². The van der Waals surface area contributed by atoms with E-state index in [-0.39, 0.29) is 23.5 Å². The summed E-state index contributed by atoms with van der Waals surface area (Å²) in [5, 5.41) is 3.29. The van der Waals surface area contributed by atoms with Gasteiger partial charge in [0, 0.05) is 38.8 Å². The van der Waals surface area contributed by atoms with Gasteiger partial charge >= 0.3 is 0 Å². The van der Waals surface area contributed by atoms with Gasteiger partial charge in [-0.2, -0.15) is 0 Å². The molecule has 7 heteroatoms. The highest BCUT2D eigenvalue weighted by Gasteiger charge is 2.33. The summed E-state index contributed by atoms with van der Waals surface area (Å²) in [5.74, 6) is 0.349. The van der Waals surface area contributed by atoms with Gasteiger partial charge in [0.2, 0.25) is 5.91 Å². The van der Waals surface area contributed by atoms with Crippen LogP contribution in [0.2, 0.25) is 0 Å². The Hall–Kier alpha value is -0.660. The predicted molar refractivity (Wildman–Crippen MR) is 73.7 cm³/mol. The van der Waals surface area contributed by atoms with Gasteiger partial charge < -0.3 is 10.2 Å². The van der Waals surface area contributed by atoms with Crippen LogP contribution in [0.1, 0.15) is 13.3 Å². The maximum absolute atomic E-state index is 12.2. The van der Waals surface area contributed by atoms with E-state index in [2.05, 4.69) is 17.1 Å². The fourth-order valence-electron chi connectivity index (χ4n) is 2.69. The molecule has 2 saturated heterocycles. The average Bonchev–Trinajstić information content (AvgIpc) is 2.71. The Morgan fingerprint density at radius 3 is 2.79 bits per heavy atom. The molecule has 19 heavy (non-hydrogen) atoms. The molecule has 0 radical (unpaired) electrons. The predicted octanol–water partition coefficient (Wildman–Crippen LogP) is -1.07. The standard InChI is InChI=1S/C12H23N3O3S/c1-10-7-13-4-5-15(10)8-12(16)14(2)11-3-6-19(17,18)9-11/h10-11,13H,3-9H2,1-2H3/t10-,11?/m0/s1. The first-order valence-corrected chi connectivity index (χ1v) is 8.62. The summed E-state index contributed by atoms with van der Waals surface area (Å²) in [4.78, 5) is 16.0. The minimum Gasteiger partial charge on any atom is -0.341 e. The van der Waals surface area contributed by atoms with Crippen LogP contribution in [0.15, 0.2) is 0 Å². The van der Waals surface area contributed by atoms with E-state index >= 15 is 0 Å². The van der Waals surface area contributed by atoms with E-state index in [0.717, 1.165) is 19.6 Å². The number of carbonyl (C=O) groups excluding carboxylic acids is 1. The Kier molecular flexibility index (Phi) is 4.47. The molecule has 1 unspecified atom stereocenters. The summed E-state index contributed by atoms with van der Waals surface area (Å²) in [7, 11) is -1.21. The molecule has 0 bridgehead atoms. The highest BCUT2D eigenvalue weighted by atomic mass is 32.2. The van der Waals surface area contributed by atoms with Gasteiger partial charge in [0.1, 0.15) is 0 Å². The molecule has 0 saturated carbocycles. The molecule has 1 N–H and O–H groups in total. The summed E-state index contributed by atoms with van der Waals surface area (Å²) in [6, 6.07) is 0.203. The molecule has 2 rings (SSSR count). The zero-order valence-electron chi connectivity index (χ0n) is 11.6. The monoisotopic (exact) mass is 289 g/mol. The first-order valence-electron chi connectivity index (χ1n) is 6.80. The summed E-state index contributed by atoms with van der Waals surface area (Å²) < 4.78 is 22.9. The highest BCUT2D eigenvalue weighted by Crippen LogP contribution is 2.17. The molecule has 0 spiro atoms. The second-order valence-corrected chi connectivity index (χ2v) is 7.81. The molecule has 0 aromatic carbocycles. The van der Waals surface area contributed by atoms with Gasteiger partial charge in [-0.05, 0) is 13.3 Å².